The molecule has 0 N–H and O–H groups in total. The highest BCUT2D eigenvalue weighted by atomic mass is 35.5. The van der Waals surface area contributed by atoms with Crippen LogP contribution in [0.1, 0.15) is 20.7 Å². The molecule has 2 aromatic rings. The van der Waals surface area contributed by atoms with E-state index in [1.807, 2.05) is 12.1 Å². The Balaban J connectivity index is 1.89. The van der Waals surface area contributed by atoms with Gasteiger partial charge in [-0.25, -0.2) is 8.84 Å². The van der Waals surface area contributed by atoms with E-state index in [4.69, 9.17) is 23.6 Å². The molecule has 0 atom stereocenters. The second-order valence-corrected chi connectivity index (χ2v) is 5.33. The van der Waals surface area contributed by atoms with Crippen LogP contribution in [0.15, 0.2) is 60.7 Å². The van der Waals surface area contributed by atoms with Gasteiger partial charge in [-0.1, -0.05) is 36.4 Å². The maximum Gasteiger partial charge on any atom is 0.268 e. The summed E-state index contributed by atoms with van der Waals surface area (Å²) in [6.07, 6.45) is 0. The number of amides is 2. The zero-order valence-electron chi connectivity index (χ0n) is 11.7. The molecule has 0 heterocycles. The molecule has 22 heavy (non-hydrogen) atoms. The van der Waals surface area contributed by atoms with Crippen molar-refractivity contribution in [1.29, 1.82) is 0 Å². The van der Waals surface area contributed by atoms with E-state index in [1.54, 1.807) is 48.5 Å². The first-order chi connectivity index (χ1) is 10.6. The fourth-order valence-corrected chi connectivity index (χ4v) is 2.17. The van der Waals surface area contributed by atoms with Crippen LogP contribution in [0.2, 0.25) is 0 Å². The minimum atomic E-state index is -0.334. The van der Waals surface area contributed by atoms with Gasteiger partial charge in [0.15, 0.2) is 0 Å². The second-order valence-electron chi connectivity index (χ2n) is 4.51. The maximum absolute atomic E-state index is 12.0. The lowest BCUT2D eigenvalue weighted by atomic mass is 10.2. The van der Waals surface area contributed by atoms with E-state index in [2.05, 4.69) is 0 Å². The number of rotatable bonds is 5. The summed E-state index contributed by atoms with van der Waals surface area (Å²) in [7, 11) is 0. The van der Waals surface area contributed by atoms with Gasteiger partial charge in [0.2, 0.25) is 0 Å². The zero-order chi connectivity index (χ0) is 15.9. The average molecular weight is 337 g/mol. The Hall–Kier alpha value is -2.04. The Morgan fingerprint density at radius 3 is 1.32 bits per heavy atom. The standard InChI is InChI=1S/C16H14Cl2N2O2/c17-19(15(21)13-7-3-1-4-8-13)11-12-20(18)16(22)14-9-5-2-6-10-14/h1-10H,11-12H2. The molecule has 0 fully saturated rings. The van der Waals surface area contributed by atoms with Crippen molar-refractivity contribution in [3.05, 3.63) is 71.8 Å². The highest BCUT2D eigenvalue weighted by Crippen LogP contribution is 2.10. The first kappa shape index (κ1) is 16.3. The molecule has 0 aliphatic heterocycles. The van der Waals surface area contributed by atoms with E-state index in [0.29, 0.717) is 11.1 Å². The fraction of sp³-hybridized carbons (Fsp3) is 0.125. The third kappa shape index (κ3) is 4.23. The topological polar surface area (TPSA) is 40.6 Å². The van der Waals surface area contributed by atoms with E-state index >= 15 is 0 Å². The van der Waals surface area contributed by atoms with Gasteiger partial charge in [0.05, 0.1) is 13.1 Å². The summed E-state index contributed by atoms with van der Waals surface area (Å²) >= 11 is 11.9. The molecule has 2 rings (SSSR count). The zero-order valence-corrected chi connectivity index (χ0v) is 13.2. The summed E-state index contributed by atoms with van der Waals surface area (Å²) in [5.74, 6) is -0.668. The van der Waals surface area contributed by atoms with Crippen molar-refractivity contribution >= 4 is 35.4 Å². The number of hydrogen-bond donors (Lipinski definition) is 0. The van der Waals surface area contributed by atoms with Crippen molar-refractivity contribution in [1.82, 2.24) is 8.84 Å². The van der Waals surface area contributed by atoms with E-state index in [0.717, 1.165) is 8.84 Å². The lowest BCUT2D eigenvalue weighted by molar-refractivity contribution is 0.0812. The van der Waals surface area contributed by atoms with Crippen LogP contribution < -0.4 is 0 Å². The highest BCUT2D eigenvalue weighted by molar-refractivity contribution is 6.25. The molecule has 0 aromatic heterocycles. The molecule has 114 valence electrons. The van der Waals surface area contributed by atoms with Crippen LogP contribution in [0.25, 0.3) is 0 Å². The van der Waals surface area contributed by atoms with Crippen molar-refractivity contribution in [3.63, 3.8) is 0 Å². The largest absolute Gasteiger partial charge is 0.268 e. The van der Waals surface area contributed by atoms with Crippen LogP contribution in [0.5, 0.6) is 0 Å². The Morgan fingerprint density at radius 2 is 1.00 bits per heavy atom. The van der Waals surface area contributed by atoms with Gasteiger partial charge in [-0.3, -0.25) is 9.59 Å². The maximum atomic E-state index is 12.0. The molecule has 0 aliphatic rings. The average Bonchev–Trinajstić information content (AvgIpc) is 2.59. The molecule has 0 aliphatic carbocycles. The van der Waals surface area contributed by atoms with Crippen molar-refractivity contribution in [3.8, 4) is 0 Å². The van der Waals surface area contributed by atoms with E-state index < -0.39 is 0 Å². The molecule has 0 spiro atoms. The summed E-state index contributed by atoms with van der Waals surface area (Å²) in [5.41, 5.74) is 0.959. The van der Waals surface area contributed by atoms with Crippen LogP contribution in [0.4, 0.5) is 0 Å². The number of halogens is 2. The third-order valence-corrected chi connectivity index (χ3v) is 3.62. The van der Waals surface area contributed by atoms with Gasteiger partial charge < -0.3 is 0 Å². The van der Waals surface area contributed by atoms with Crippen molar-refractivity contribution in [2.75, 3.05) is 13.1 Å². The summed E-state index contributed by atoms with van der Waals surface area (Å²) in [6.45, 7) is 0.245. The molecule has 0 bridgehead atoms. The number of carbonyl (C=O) groups excluding carboxylic acids is 2. The Kier molecular flexibility index (Phi) is 5.81. The van der Waals surface area contributed by atoms with Crippen LogP contribution in [0.3, 0.4) is 0 Å². The lowest BCUT2D eigenvalue weighted by Crippen LogP contribution is -2.32. The normalized spacial score (nSPS) is 10.1. The lowest BCUT2D eigenvalue weighted by Gasteiger charge is -2.18. The molecule has 0 saturated carbocycles. The predicted octanol–water partition coefficient (Wildman–Crippen LogP) is 3.58. The minimum Gasteiger partial charge on any atom is -0.268 e. The van der Waals surface area contributed by atoms with Gasteiger partial charge in [0, 0.05) is 34.7 Å². The van der Waals surface area contributed by atoms with E-state index in [1.165, 1.54) is 0 Å². The van der Waals surface area contributed by atoms with Crippen LogP contribution in [0, 0.1) is 0 Å². The molecule has 6 heteroatoms. The quantitative estimate of drug-likeness (QED) is 0.783. The summed E-state index contributed by atoms with van der Waals surface area (Å²) in [6, 6.07) is 17.3. The molecule has 0 radical (unpaired) electrons. The Bertz CT molecular complexity index is 578. The molecule has 4 nitrogen and oxygen atoms in total. The first-order valence-corrected chi connectivity index (χ1v) is 7.32. The fourth-order valence-electron chi connectivity index (χ4n) is 1.82. The molecule has 0 saturated heterocycles. The van der Waals surface area contributed by atoms with Crippen LogP contribution >= 0.6 is 23.6 Å². The first-order valence-electron chi connectivity index (χ1n) is 6.65. The van der Waals surface area contributed by atoms with Crippen molar-refractivity contribution in [2.45, 2.75) is 0 Å². The summed E-state index contributed by atoms with van der Waals surface area (Å²) in [4.78, 5) is 24.1. The van der Waals surface area contributed by atoms with Crippen molar-refractivity contribution in [2.24, 2.45) is 0 Å². The molecular formula is C16H14Cl2N2O2. The second kappa shape index (κ2) is 7.82. The third-order valence-electron chi connectivity index (χ3n) is 2.97. The predicted molar refractivity (Wildman–Crippen MR) is 86.7 cm³/mol. The summed E-state index contributed by atoms with van der Waals surface area (Å²) < 4.78 is 2.03. The smallest absolute Gasteiger partial charge is 0.268 e. The van der Waals surface area contributed by atoms with Crippen molar-refractivity contribution < 1.29 is 9.59 Å². The van der Waals surface area contributed by atoms with E-state index in [9.17, 15) is 9.59 Å². The molecule has 0 unspecified atom stereocenters. The van der Waals surface area contributed by atoms with Gasteiger partial charge in [-0.05, 0) is 24.3 Å². The monoisotopic (exact) mass is 336 g/mol. The van der Waals surface area contributed by atoms with Crippen LogP contribution in [-0.4, -0.2) is 33.7 Å². The Morgan fingerprint density at radius 1 is 0.682 bits per heavy atom. The highest BCUT2D eigenvalue weighted by Gasteiger charge is 2.17. The molecular weight excluding hydrogens is 323 g/mol. The SMILES string of the molecule is O=C(c1ccccc1)N(Cl)CCN(Cl)C(=O)c1ccccc1. The van der Waals surface area contributed by atoms with Gasteiger partial charge in [0.25, 0.3) is 11.8 Å². The van der Waals surface area contributed by atoms with Crippen LogP contribution in [-0.2, 0) is 0 Å². The minimum absolute atomic E-state index is 0.122. The molecule has 2 amide bonds. The molecule has 2 aromatic carbocycles. The van der Waals surface area contributed by atoms with E-state index in [-0.39, 0.29) is 24.9 Å². The van der Waals surface area contributed by atoms with Gasteiger partial charge in [0.1, 0.15) is 0 Å². The number of hydrogen-bond acceptors (Lipinski definition) is 2. The Labute approximate surface area is 139 Å². The number of carbonyl (C=O) groups is 2. The van der Waals surface area contributed by atoms with Gasteiger partial charge in [-0.2, -0.15) is 0 Å². The number of benzene rings is 2. The summed E-state index contributed by atoms with van der Waals surface area (Å²) in [5, 5.41) is 0. The number of nitrogens with zero attached hydrogens (tertiary/aromatic N) is 2. The van der Waals surface area contributed by atoms with Gasteiger partial charge >= 0.3 is 0 Å². The van der Waals surface area contributed by atoms with Gasteiger partial charge in [-0.15, -0.1) is 0 Å².